The van der Waals surface area contributed by atoms with E-state index in [2.05, 4.69) is 24.1 Å². The van der Waals surface area contributed by atoms with Crippen LogP contribution in [0.3, 0.4) is 0 Å². The highest BCUT2D eigenvalue weighted by Gasteiger charge is 2.35. The maximum absolute atomic E-state index is 5.81. The molecule has 1 aliphatic rings. The van der Waals surface area contributed by atoms with E-state index in [0.29, 0.717) is 0 Å². The van der Waals surface area contributed by atoms with Gasteiger partial charge < -0.3 is 14.5 Å². The molecule has 0 bridgehead atoms. The first-order chi connectivity index (χ1) is 8.74. The highest BCUT2D eigenvalue weighted by Crippen LogP contribution is 2.35. The van der Waals surface area contributed by atoms with Crippen LogP contribution >= 0.6 is 0 Å². The van der Waals surface area contributed by atoms with E-state index in [1.807, 2.05) is 6.20 Å². The Hall–Kier alpha value is -0.870. The summed E-state index contributed by atoms with van der Waals surface area (Å²) in [6.45, 7) is 7.21. The van der Waals surface area contributed by atoms with Crippen LogP contribution in [0.2, 0.25) is 0 Å². The average molecular weight is 252 g/mol. The molecule has 1 aromatic heterocycles. The van der Waals surface area contributed by atoms with Gasteiger partial charge >= 0.3 is 0 Å². The third-order valence-electron chi connectivity index (χ3n) is 3.46. The van der Waals surface area contributed by atoms with Gasteiger partial charge in [0.2, 0.25) is 0 Å². The van der Waals surface area contributed by atoms with E-state index in [9.17, 15) is 0 Å². The van der Waals surface area contributed by atoms with Crippen LogP contribution < -0.4 is 5.32 Å². The first-order valence-electron chi connectivity index (χ1n) is 7.04. The molecule has 2 rings (SSSR count). The van der Waals surface area contributed by atoms with Gasteiger partial charge in [-0.25, -0.2) is 4.98 Å². The summed E-state index contributed by atoms with van der Waals surface area (Å²) in [4.78, 5) is 4.35. The summed E-state index contributed by atoms with van der Waals surface area (Å²) in [5.41, 5.74) is -0.244. The number of nitrogens with zero attached hydrogens (tertiary/aromatic N) is 1. The summed E-state index contributed by atoms with van der Waals surface area (Å²) < 4.78 is 11.6. The smallest absolute Gasteiger partial charge is 0.194 e. The Balaban J connectivity index is 1.79. The van der Waals surface area contributed by atoms with Crippen molar-refractivity contribution in [2.24, 2.45) is 0 Å². The van der Waals surface area contributed by atoms with Crippen LogP contribution in [-0.4, -0.2) is 24.7 Å². The van der Waals surface area contributed by atoms with Crippen molar-refractivity contribution >= 4 is 0 Å². The maximum atomic E-state index is 5.81. The Morgan fingerprint density at radius 3 is 3.06 bits per heavy atom. The van der Waals surface area contributed by atoms with Gasteiger partial charge in [0.15, 0.2) is 11.7 Å². The molecular formula is C14H24N2O2. The lowest BCUT2D eigenvalue weighted by atomic mass is 10.0. The van der Waals surface area contributed by atoms with Crippen molar-refractivity contribution in [1.29, 1.82) is 0 Å². The Kier molecular flexibility index (Phi) is 4.78. The number of oxazole rings is 1. The lowest BCUT2D eigenvalue weighted by molar-refractivity contribution is -0.00165. The molecule has 1 saturated heterocycles. The molecule has 1 N–H and O–H groups in total. The molecule has 0 saturated carbocycles. The first-order valence-corrected chi connectivity index (χ1v) is 7.04. The van der Waals surface area contributed by atoms with E-state index in [1.165, 1.54) is 6.42 Å². The second-order valence-corrected chi connectivity index (χ2v) is 5.15. The molecule has 1 atom stereocenters. The van der Waals surface area contributed by atoms with Crippen LogP contribution in [-0.2, 0) is 16.8 Å². The van der Waals surface area contributed by atoms with Crippen molar-refractivity contribution in [3.63, 3.8) is 0 Å². The number of hydrogen-bond acceptors (Lipinski definition) is 4. The van der Waals surface area contributed by atoms with E-state index in [0.717, 1.165) is 57.0 Å². The third kappa shape index (κ3) is 3.33. The van der Waals surface area contributed by atoms with Gasteiger partial charge in [-0.15, -0.1) is 0 Å². The number of ether oxygens (including phenoxy) is 1. The van der Waals surface area contributed by atoms with Gasteiger partial charge in [0.05, 0.1) is 6.20 Å². The van der Waals surface area contributed by atoms with E-state index in [-0.39, 0.29) is 5.60 Å². The van der Waals surface area contributed by atoms with E-state index in [1.54, 1.807) is 0 Å². The van der Waals surface area contributed by atoms with E-state index >= 15 is 0 Å². The standard InChI is InChI=1S/C14H24N2O2/c1-3-8-15-9-4-6-13-16-11-12(18-13)14(2)7-5-10-17-14/h11,15H,3-10H2,1-2H3. The Bertz CT molecular complexity index is 356. The van der Waals surface area contributed by atoms with Gasteiger partial charge in [-0.1, -0.05) is 6.92 Å². The number of hydrogen-bond donors (Lipinski definition) is 1. The normalized spacial score (nSPS) is 23.7. The zero-order valence-corrected chi connectivity index (χ0v) is 11.5. The van der Waals surface area contributed by atoms with Crippen molar-refractivity contribution in [3.05, 3.63) is 17.8 Å². The summed E-state index contributed by atoms with van der Waals surface area (Å²) >= 11 is 0. The molecule has 1 fully saturated rings. The van der Waals surface area contributed by atoms with Gasteiger partial charge in [-0.2, -0.15) is 0 Å². The lowest BCUT2D eigenvalue weighted by Crippen LogP contribution is -2.18. The molecule has 1 aliphatic heterocycles. The predicted molar refractivity (Wildman–Crippen MR) is 70.5 cm³/mol. The van der Waals surface area contributed by atoms with Crippen molar-refractivity contribution in [2.75, 3.05) is 19.7 Å². The molecule has 0 aromatic carbocycles. The molecule has 0 spiro atoms. The van der Waals surface area contributed by atoms with E-state index in [4.69, 9.17) is 9.15 Å². The quantitative estimate of drug-likeness (QED) is 0.758. The van der Waals surface area contributed by atoms with Crippen LogP contribution in [0.15, 0.2) is 10.6 Å². The van der Waals surface area contributed by atoms with Gasteiger partial charge in [0.25, 0.3) is 0 Å². The van der Waals surface area contributed by atoms with Crippen molar-refractivity contribution in [2.45, 2.75) is 51.6 Å². The molecule has 4 nitrogen and oxygen atoms in total. The SMILES string of the molecule is CCCNCCCc1ncc(C2(C)CCCO2)o1. The van der Waals surface area contributed by atoms with Gasteiger partial charge in [0, 0.05) is 13.0 Å². The molecule has 18 heavy (non-hydrogen) atoms. The molecule has 4 heteroatoms. The summed E-state index contributed by atoms with van der Waals surface area (Å²) in [7, 11) is 0. The summed E-state index contributed by atoms with van der Waals surface area (Å²) in [5.74, 6) is 1.72. The minimum atomic E-state index is -0.244. The number of aryl methyl sites for hydroxylation is 1. The molecular weight excluding hydrogens is 228 g/mol. The highest BCUT2D eigenvalue weighted by molar-refractivity contribution is 5.07. The van der Waals surface area contributed by atoms with E-state index < -0.39 is 0 Å². The Morgan fingerprint density at radius 2 is 2.33 bits per heavy atom. The maximum Gasteiger partial charge on any atom is 0.194 e. The Labute approximate surface area is 109 Å². The first kappa shape index (κ1) is 13.6. The van der Waals surface area contributed by atoms with Crippen molar-refractivity contribution < 1.29 is 9.15 Å². The van der Waals surface area contributed by atoms with Crippen LogP contribution in [0.4, 0.5) is 0 Å². The minimum absolute atomic E-state index is 0.244. The van der Waals surface area contributed by atoms with Gasteiger partial charge in [0.1, 0.15) is 5.60 Å². The lowest BCUT2D eigenvalue weighted by Gasteiger charge is -2.19. The second kappa shape index (κ2) is 6.34. The highest BCUT2D eigenvalue weighted by atomic mass is 16.5. The number of rotatable bonds is 7. The van der Waals surface area contributed by atoms with Crippen LogP contribution in [0.25, 0.3) is 0 Å². The molecule has 1 unspecified atom stereocenters. The number of nitrogens with one attached hydrogen (secondary N) is 1. The molecule has 1 aromatic rings. The monoisotopic (exact) mass is 252 g/mol. The second-order valence-electron chi connectivity index (χ2n) is 5.15. The summed E-state index contributed by atoms with van der Waals surface area (Å²) in [5, 5.41) is 3.38. The third-order valence-corrected chi connectivity index (χ3v) is 3.46. The van der Waals surface area contributed by atoms with Crippen LogP contribution in [0.1, 0.15) is 51.2 Å². The molecule has 102 valence electrons. The molecule has 0 amide bonds. The average Bonchev–Trinajstić information content (AvgIpc) is 2.99. The fourth-order valence-electron chi connectivity index (χ4n) is 2.31. The van der Waals surface area contributed by atoms with Crippen molar-refractivity contribution in [3.8, 4) is 0 Å². The zero-order valence-electron chi connectivity index (χ0n) is 11.5. The minimum Gasteiger partial charge on any atom is -0.443 e. The molecule has 0 radical (unpaired) electrons. The topological polar surface area (TPSA) is 47.3 Å². The fourth-order valence-corrected chi connectivity index (χ4v) is 2.31. The van der Waals surface area contributed by atoms with Crippen LogP contribution in [0.5, 0.6) is 0 Å². The molecule has 2 heterocycles. The van der Waals surface area contributed by atoms with Crippen molar-refractivity contribution in [1.82, 2.24) is 10.3 Å². The zero-order chi connectivity index (χ0) is 12.8. The van der Waals surface area contributed by atoms with Crippen LogP contribution in [0, 0.1) is 0 Å². The summed E-state index contributed by atoms with van der Waals surface area (Å²) in [6.07, 6.45) is 7.11. The predicted octanol–water partition coefficient (Wildman–Crippen LogP) is 2.63. The largest absolute Gasteiger partial charge is 0.443 e. The summed E-state index contributed by atoms with van der Waals surface area (Å²) in [6, 6.07) is 0. The Morgan fingerprint density at radius 1 is 1.44 bits per heavy atom. The van der Waals surface area contributed by atoms with Gasteiger partial charge in [-0.05, 0) is 45.7 Å². The number of aromatic nitrogens is 1. The van der Waals surface area contributed by atoms with Gasteiger partial charge in [-0.3, -0.25) is 0 Å². The molecule has 0 aliphatic carbocycles. The fraction of sp³-hybridized carbons (Fsp3) is 0.786.